The fraction of sp³-hybridized carbons (Fsp3) is 0.591. The molecule has 10 atom stereocenters. The minimum Gasteiger partial charge on any atom is -0.423 e. The van der Waals surface area contributed by atoms with Crippen molar-refractivity contribution in [2.45, 2.75) is 72.4 Å². The van der Waals surface area contributed by atoms with Crippen LogP contribution in [0.3, 0.4) is 0 Å². The van der Waals surface area contributed by atoms with Gasteiger partial charge in [-0.25, -0.2) is 4.79 Å². The van der Waals surface area contributed by atoms with E-state index < -0.39 is 79.4 Å². The van der Waals surface area contributed by atoms with Crippen LogP contribution in [0.15, 0.2) is 38.4 Å². The summed E-state index contributed by atoms with van der Waals surface area (Å²) in [5.74, 6) is 0. The van der Waals surface area contributed by atoms with Crippen molar-refractivity contribution in [1.29, 1.82) is 0 Å². The summed E-state index contributed by atoms with van der Waals surface area (Å²) in [6.45, 7) is 0.719. The number of aliphatic hydroxyl groups excluding tert-OH is 7. The number of hydrogen-bond donors (Lipinski definition) is 7. The second-order valence-electron chi connectivity index (χ2n) is 8.57. The molecule has 7 N–H and O–H groups in total. The highest BCUT2D eigenvalue weighted by atomic mass is 32.2. The summed E-state index contributed by atoms with van der Waals surface area (Å²) in [6.07, 6.45) is -13.3. The highest BCUT2D eigenvalue weighted by Gasteiger charge is 2.47. The lowest BCUT2D eigenvalue weighted by Gasteiger charge is -2.42. The zero-order valence-corrected chi connectivity index (χ0v) is 19.4. The van der Waals surface area contributed by atoms with Crippen molar-refractivity contribution in [3.8, 4) is 0 Å². The lowest BCUT2D eigenvalue weighted by atomic mass is 9.99. The van der Waals surface area contributed by atoms with Crippen molar-refractivity contribution in [1.82, 2.24) is 0 Å². The normalized spacial score (nSPS) is 38.1. The first-order chi connectivity index (χ1) is 16.6. The predicted octanol–water partition coefficient (Wildman–Crippen LogP) is -2.18. The summed E-state index contributed by atoms with van der Waals surface area (Å²) >= 11 is 1.03. The third-order valence-electron chi connectivity index (χ3n) is 6.12. The highest BCUT2D eigenvalue weighted by molar-refractivity contribution is 7.99. The fourth-order valence-electron chi connectivity index (χ4n) is 4.06. The van der Waals surface area contributed by atoms with Gasteiger partial charge in [0, 0.05) is 16.3 Å². The molecule has 194 valence electrons. The molecule has 0 amide bonds. The average molecular weight is 517 g/mol. The Bertz CT molecular complexity index is 1080. The minimum atomic E-state index is -1.65. The van der Waals surface area contributed by atoms with Gasteiger partial charge in [-0.3, -0.25) is 0 Å². The van der Waals surface area contributed by atoms with Gasteiger partial charge in [0.15, 0.2) is 6.29 Å². The molecule has 35 heavy (non-hydrogen) atoms. The molecule has 13 heteroatoms. The van der Waals surface area contributed by atoms with E-state index in [0.29, 0.717) is 10.5 Å². The van der Waals surface area contributed by atoms with E-state index in [0.717, 1.165) is 22.7 Å². The molecule has 12 nitrogen and oxygen atoms in total. The Morgan fingerprint density at radius 3 is 2.29 bits per heavy atom. The van der Waals surface area contributed by atoms with Gasteiger partial charge in [-0.2, -0.15) is 0 Å². The van der Waals surface area contributed by atoms with E-state index in [1.54, 1.807) is 25.1 Å². The van der Waals surface area contributed by atoms with Gasteiger partial charge in [-0.1, -0.05) is 11.8 Å². The SMILES string of the molecule is Cc1cc(=O)oc2cc(S[C@@H]3O[C@H](CO[C@@H]4O[C@H](CO)[C@H](O)[C@H](O)[C@H]4O)[C@@H](O)[C@H](O)[C@H]3O)ccc12. The molecule has 0 aliphatic carbocycles. The Hall–Kier alpha value is -1.62. The molecule has 0 unspecified atom stereocenters. The summed E-state index contributed by atoms with van der Waals surface area (Å²) in [6, 6.07) is 6.45. The van der Waals surface area contributed by atoms with Gasteiger partial charge in [0.2, 0.25) is 0 Å². The van der Waals surface area contributed by atoms with E-state index in [-0.39, 0.29) is 0 Å². The number of aliphatic hydroxyl groups is 7. The smallest absolute Gasteiger partial charge is 0.336 e. The van der Waals surface area contributed by atoms with Crippen LogP contribution in [-0.4, -0.2) is 110 Å². The molecule has 0 saturated carbocycles. The van der Waals surface area contributed by atoms with Gasteiger partial charge in [-0.05, 0) is 30.7 Å². The molecule has 0 bridgehead atoms. The Labute approximate surface area is 203 Å². The predicted molar refractivity (Wildman–Crippen MR) is 119 cm³/mol. The first-order valence-electron chi connectivity index (χ1n) is 10.9. The van der Waals surface area contributed by atoms with Crippen LogP contribution in [-0.2, 0) is 14.2 Å². The minimum absolute atomic E-state index is 0.341. The summed E-state index contributed by atoms with van der Waals surface area (Å²) in [7, 11) is 0. The molecule has 0 radical (unpaired) electrons. The number of benzene rings is 1. The third-order valence-corrected chi connectivity index (χ3v) is 7.27. The first kappa shape index (κ1) is 26.4. The van der Waals surface area contributed by atoms with Crippen LogP contribution in [0, 0.1) is 6.92 Å². The molecule has 2 aliphatic rings. The van der Waals surface area contributed by atoms with Crippen molar-refractivity contribution in [2.75, 3.05) is 13.2 Å². The van der Waals surface area contributed by atoms with Gasteiger partial charge < -0.3 is 54.4 Å². The topological polar surface area (TPSA) is 200 Å². The van der Waals surface area contributed by atoms with Gasteiger partial charge in [0.25, 0.3) is 0 Å². The lowest BCUT2D eigenvalue weighted by molar-refractivity contribution is -0.311. The van der Waals surface area contributed by atoms with Crippen LogP contribution in [0.5, 0.6) is 0 Å². The van der Waals surface area contributed by atoms with Crippen molar-refractivity contribution >= 4 is 22.7 Å². The first-order valence-corrected chi connectivity index (χ1v) is 11.8. The van der Waals surface area contributed by atoms with Crippen LogP contribution in [0.25, 0.3) is 11.0 Å². The van der Waals surface area contributed by atoms with E-state index >= 15 is 0 Å². The average Bonchev–Trinajstić information content (AvgIpc) is 2.83. The largest absolute Gasteiger partial charge is 0.423 e. The zero-order chi connectivity index (χ0) is 25.4. The van der Waals surface area contributed by atoms with E-state index in [1.165, 1.54) is 6.07 Å². The van der Waals surface area contributed by atoms with Gasteiger partial charge >= 0.3 is 5.63 Å². The third kappa shape index (κ3) is 5.40. The van der Waals surface area contributed by atoms with E-state index in [1.807, 2.05) is 0 Å². The number of aryl methyl sites for hydroxylation is 1. The van der Waals surface area contributed by atoms with Crippen molar-refractivity contribution in [2.24, 2.45) is 0 Å². The molecule has 0 spiro atoms. The van der Waals surface area contributed by atoms with Crippen LogP contribution >= 0.6 is 11.8 Å². The van der Waals surface area contributed by atoms with E-state index in [9.17, 15) is 40.5 Å². The second-order valence-corrected chi connectivity index (χ2v) is 9.74. The summed E-state index contributed by atoms with van der Waals surface area (Å²) in [5, 5.41) is 71.1. The van der Waals surface area contributed by atoms with Crippen molar-refractivity contribution in [3.05, 3.63) is 40.2 Å². The summed E-state index contributed by atoms with van der Waals surface area (Å²) in [5.41, 5.74) is -0.472. The molecule has 2 fully saturated rings. The molecule has 2 aromatic rings. The van der Waals surface area contributed by atoms with Crippen LogP contribution in [0.2, 0.25) is 0 Å². The van der Waals surface area contributed by atoms with Crippen LogP contribution in [0.1, 0.15) is 5.56 Å². The highest BCUT2D eigenvalue weighted by Crippen LogP contribution is 2.35. The Morgan fingerprint density at radius 2 is 1.57 bits per heavy atom. The van der Waals surface area contributed by atoms with Gasteiger partial charge in [0.1, 0.15) is 59.9 Å². The molecule has 2 aliphatic heterocycles. The Balaban J connectivity index is 1.46. The molecule has 3 heterocycles. The number of fused-ring (bicyclic) bond motifs is 1. The maximum atomic E-state index is 11.7. The number of hydrogen-bond acceptors (Lipinski definition) is 13. The maximum Gasteiger partial charge on any atom is 0.336 e. The second kappa shape index (κ2) is 10.8. The molecular formula is C22H28O12S. The molecule has 1 aromatic carbocycles. The Morgan fingerprint density at radius 1 is 0.886 bits per heavy atom. The molecule has 1 aromatic heterocycles. The number of thioether (sulfide) groups is 1. The lowest BCUT2D eigenvalue weighted by Crippen LogP contribution is -2.61. The van der Waals surface area contributed by atoms with E-state index in [2.05, 4.69) is 0 Å². The van der Waals surface area contributed by atoms with Gasteiger partial charge in [-0.15, -0.1) is 0 Å². The van der Waals surface area contributed by atoms with Gasteiger partial charge in [0.05, 0.1) is 13.2 Å². The standard InChI is InChI=1S/C22H28O12S/c1-8-4-14(24)32-11-5-9(2-3-10(8)11)35-22-20(30)18(28)16(26)13(34-22)7-31-21-19(29)17(27)15(25)12(6-23)33-21/h2-5,12-13,15-23,25-30H,6-7H2,1H3/t12-,13-,15+,16-,17+,18+,19-,20-,21-,22+/m1/s1. The van der Waals surface area contributed by atoms with Crippen LogP contribution < -0.4 is 5.63 Å². The molecule has 2 saturated heterocycles. The fourth-order valence-corrected chi connectivity index (χ4v) is 5.15. The maximum absolute atomic E-state index is 11.7. The van der Waals surface area contributed by atoms with Crippen molar-refractivity contribution < 1.29 is 54.4 Å². The van der Waals surface area contributed by atoms with Crippen molar-refractivity contribution in [3.63, 3.8) is 0 Å². The Kier molecular flexibility index (Phi) is 8.15. The monoisotopic (exact) mass is 516 g/mol. The van der Waals surface area contributed by atoms with E-state index in [4.69, 9.17) is 18.6 Å². The van der Waals surface area contributed by atoms with Crippen LogP contribution in [0.4, 0.5) is 0 Å². The molecular weight excluding hydrogens is 488 g/mol. The summed E-state index contributed by atoms with van der Waals surface area (Å²) in [4.78, 5) is 12.3. The quantitative estimate of drug-likeness (QED) is 0.205. The summed E-state index contributed by atoms with van der Waals surface area (Å²) < 4.78 is 21.7. The number of rotatable bonds is 6. The number of ether oxygens (including phenoxy) is 3. The zero-order valence-electron chi connectivity index (χ0n) is 18.6. The molecule has 4 rings (SSSR count).